The van der Waals surface area contributed by atoms with Gasteiger partial charge in [-0.3, -0.25) is 9.48 Å². The van der Waals surface area contributed by atoms with Crippen LogP contribution in [0.25, 0.3) is 11.0 Å². The van der Waals surface area contributed by atoms with E-state index in [-0.39, 0.29) is 5.91 Å². The van der Waals surface area contributed by atoms with Gasteiger partial charge in [0.15, 0.2) is 5.65 Å². The van der Waals surface area contributed by atoms with Crippen molar-refractivity contribution >= 4 is 16.9 Å². The minimum atomic E-state index is 0.210. The molecule has 1 aliphatic heterocycles. The van der Waals surface area contributed by atoms with E-state index in [1.807, 2.05) is 18.7 Å². The van der Waals surface area contributed by atoms with E-state index < -0.39 is 0 Å². The van der Waals surface area contributed by atoms with Crippen molar-refractivity contribution < 1.29 is 4.79 Å². The van der Waals surface area contributed by atoms with Gasteiger partial charge in [-0.05, 0) is 57.4 Å². The van der Waals surface area contributed by atoms with Gasteiger partial charge in [-0.2, -0.15) is 5.10 Å². The standard InChI is InChI=1S/C20H26N4O/c1-12-18-15(11-16(13-8-9-13)21-19(18)23(2)22-12)20(25)24-10-4-6-14-5-3-7-17(14)24/h11,13-14,17H,3-10H2,1-2H3/t14-,17-/m0/s1. The van der Waals surface area contributed by atoms with Gasteiger partial charge >= 0.3 is 0 Å². The van der Waals surface area contributed by atoms with E-state index in [4.69, 9.17) is 4.98 Å². The Labute approximate surface area is 148 Å². The molecule has 0 N–H and O–H groups in total. The molecule has 0 unspecified atom stereocenters. The smallest absolute Gasteiger partial charge is 0.254 e. The van der Waals surface area contributed by atoms with Crippen molar-refractivity contribution in [2.24, 2.45) is 13.0 Å². The summed E-state index contributed by atoms with van der Waals surface area (Å²) in [6, 6.07) is 2.53. The molecule has 25 heavy (non-hydrogen) atoms. The lowest BCUT2D eigenvalue weighted by molar-refractivity contribution is 0.0550. The van der Waals surface area contributed by atoms with Crippen molar-refractivity contribution in [3.8, 4) is 0 Å². The summed E-state index contributed by atoms with van der Waals surface area (Å²) < 4.78 is 1.84. The number of aryl methyl sites for hydroxylation is 2. The first kappa shape index (κ1) is 15.4. The number of carbonyl (C=O) groups is 1. The first-order valence-corrected chi connectivity index (χ1v) is 9.78. The molecule has 0 bridgehead atoms. The summed E-state index contributed by atoms with van der Waals surface area (Å²) in [7, 11) is 1.93. The number of piperidine rings is 1. The maximum atomic E-state index is 13.6. The molecule has 3 heterocycles. The Hall–Kier alpha value is -1.91. The Balaban J connectivity index is 1.62. The van der Waals surface area contributed by atoms with Crippen LogP contribution in [-0.4, -0.2) is 38.2 Å². The molecule has 3 aliphatic rings. The molecule has 3 fully saturated rings. The highest BCUT2D eigenvalue weighted by Crippen LogP contribution is 2.42. The molecule has 2 aromatic heterocycles. The quantitative estimate of drug-likeness (QED) is 0.841. The van der Waals surface area contributed by atoms with Crippen LogP contribution < -0.4 is 0 Å². The molecule has 5 rings (SSSR count). The van der Waals surface area contributed by atoms with Crippen LogP contribution in [0.3, 0.4) is 0 Å². The summed E-state index contributed by atoms with van der Waals surface area (Å²) in [5, 5.41) is 5.50. The average Bonchev–Trinajstić information content (AvgIpc) is 3.28. The molecular weight excluding hydrogens is 312 g/mol. The third-order valence-electron chi connectivity index (χ3n) is 6.47. The molecule has 2 aromatic rings. The number of hydrogen-bond acceptors (Lipinski definition) is 3. The summed E-state index contributed by atoms with van der Waals surface area (Å²) in [6.07, 6.45) is 8.55. The van der Waals surface area contributed by atoms with Crippen molar-refractivity contribution in [3.05, 3.63) is 23.0 Å². The topological polar surface area (TPSA) is 51.0 Å². The molecule has 0 radical (unpaired) electrons. The lowest BCUT2D eigenvalue weighted by Crippen LogP contribution is -2.46. The Morgan fingerprint density at radius 2 is 1.96 bits per heavy atom. The van der Waals surface area contributed by atoms with Crippen molar-refractivity contribution in [3.63, 3.8) is 0 Å². The Morgan fingerprint density at radius 1 is 1.16 bits per heavy atom. The number of hydrogen-bond donors (Lipinski definition) is 0. The van der Waals surface area contributed by atoms with Crippen LogP contribution in [0.15, 0.2) is 6.07 Å². The number of nitrogens with zero attached hydrogens (tertiary/aromatic N) is 4. The molecular formula is C20H26N4O. The number of likely N-dealkylation sites (tertiary alicyclic amines) is 1. The van der Waals surface area contributed by atoms with E-state index in [9.17, 15) is 4.79 Å². The molecule has 2 saturated carbocycles. The maximum Gasteiger partial charge on any atom is 0.254 e. The first-order chi connectivity index (χ1) is 12.1. The largest absolute Gasteiger partial charge is 0.335 e. The van der Waals surface area contributed by atoms with Crippen LogP contribution in [0.5, 0.6) is 0 Å². The second-order valence-corrected chi connectivity index (χ2v) is 8.18. The van der Waals surface area contributed by atoms with Crippen molar-refractivity contribution in [2.75, 3.05) is 6.54 Å². The highest BCUT2D eigenvalue weighted by atomic mass is 16.2. The lowest BCUT2D eigenvalue weighted by Gasteiger charge is -2.38. The van der Waals surface area contributed by atoms with Crippen LogP contribution in [0.4, 0.5) is 0 Å². The highest BCUT2D eigenvalue weighted by molar-refractivity contribution is 6.06. The second kappa shape index (κ2) is 5.55. The summed E-state index contributed by atoms with van der Waals surface area (Å²) in [6.45, 7) is 2.90. The van der Waals surface area contributed by atoms with Gasteiger partial charge in [-0.15, -0.1) is 0 Å². The van der Waals surface area contributed by atoms with Gasteiger partial charge in [0.05, 0.1) is 16.6 Å². The Kier molecular flexibility index (Phi) is 3.41. The fraction of sp³-hybridized carbons (Fsp3) is 0.650. The molecule has 5 nitrogen and oxygen atoms in total. The van der Waals surface area contributed by atoms with Crippen molar-refractivity contribution in [2.45, 2.75) is 63.8 Å². The maximum absolute atomic E-state index is 13.6. The molecule has 2 aliphatic carbocycles. The Bertz CT molecular complexity index is 851. The third kappa shape index (κ3) is 2.39. The SMILES string of the molecule is Cc1nn(C)c2nc(C3CC3)cc(C(=O)N3CCC[C@@H]4CCC[C@@H]43)c12. The molecule has 132 valence electrons. The van der Waals surface area contributed by atoms with Crippen LogP contribution in [-0.2, 0) is 7.05 Å². The monoisotopic (exact) mass is 338 g/mol. The lowest BCUT2D eigenvalue weighted by atomic mass is 9.91. The number of aromatic nitrogens is 3. The van der Waals surface area contributed by atoms with Crippen LogP contribution in [0.1, 0.15) is 72.6 Å². The van der Waals surface area contributed by atoms with E-state index in [0.29, 0.717) is 17.9 Å². The Morgan fingerprint density at radius 3 is 2.76 bits per heavy atom. The first-order valence-electron chi connectivity index (χ1n) is 9.78. The minimum absolute atomic E-state index is 0.210. The van der Waals surface area contributed by atoms with Gasteiger partial charge in [-0.25, -0.2) is 4.98 Å². The fourth-order valence-electron chi connectivity index (χ4n) is 5.08. The van der Waals surface area contributed by atoms with Gasteiger partial charge in [0.1, 0.15) is 0 Å². The minimum Gasteiger partial charge on any atom is -0.335 e. The van der Waals surface area contributed by atoms with Crippen LogP contribution >= 0.6 is 0 Å². The van der Waals surface area contributed by atoms with Crippen molar-refractivity contribution in [1.29, 1.82) is 0 Å². The summed E-state index contributed by atoms with van der Waals surface area (Å²) >= 11 is 0. The average molecular weight is 338 g/mol. The number of rotatable bonds is 2. The number of carbonyl (C=O) groups excluding carboxylic acids is 1. The molecule has 5 heteroatoms. The second-order valence-electron chi connectivity index (χ2n) is 8.18. The fourth-order valence-corrected chi connectivity index (χ4v) is 5.08. The van der Waals surface area contributed by atoms with E-state index in [0.717, 1.165) is 41.0 Å². The van der Waals surface area contributed by atoms with E-state index in [2.05, 4.69) is 16.1 Å². The number of amides is 1. The predicted molar refractivity (Wildman–Crippen MR) is 96.6 cm³/mol. The molecule has 1 saturated heterocycles. The summed E-state index contributed by atoms with van der Waals surface area (Å²) in [5.41, 5.74) is 3.70. The zero-order valence-corrected chi connectivity index (χ0v) is 15.2. The van der Waals surface area contributed by atoms with E-state index in [1.165, 1.54) is 38.5 Å². The summed E-state index contributed by atoms with van der Waals surface area (Å²) in [5.74, 6) is 1.46. The normalized spacial score (nSPS) is 26.2. The van der Waals surface area contributed by atoms with E-state index in [1.54, 1.807) is 0 Å². The number of pyridine rings is 1. The predicted octanol–water partition coefficient (Wildman–Crippen LogP) is 3.56. The highest BCUT2D eigenvalue weighted by Gasteiger charge is 2.38. The molecule has 2 atom stereocenters. The third-order valence-corrected chi connectivity index (χ3v) is 6.47. The van der Waals surface area contributed by atoms with Crippen molar-refractivity contribution in [1.82, 2.24) is 19.7 Å². The molecule has 0 spiro atoms. The molecule has 1 amide bonds. The van der Waals surface area contributed by atoms with Crippen LogP contribution in [0.2, 0.25) is 0 Å². The van der Waals surface area contributed by atoms with Gasteiger partial charge in [0.2, 0.25) is 0 Å². The zero-order valence-electron chi connectivity index (χ0n) is 15.2. The van der Waals surface area contributed by atoms with Gasteiger partial charge in [0.25, 0.3) is 5.91 Å². The van der Waals surface area contributed by atoms with E-state index >= 15 is 0 Å². The van der Waals surface area contributed by atoms with Gasteiger partial charge in [-0.1, -0.05) is 6.42 Å². The van der Waals surface area contributed by atoms with Crippen LogP contribution in [0, 0.1) is 12.8 Å². The van der Waals surface area contributed by atoms with Gasteiger partial charge in [0, 0.05) is 31.2 Å². The zero-order chi connectivity index (χ0) is 17.1. The molecule has 0 aromatic carbocycles. The number of fused-ring (bicyclic) bond motifs is 2. The summed E-state index contributed by atoms with van der Waals surface area (Å²) in [4.78, 5) is 20.6. The van der Waals surface area contributed by atoms with Gasteiger partial charge < -0.3 is 4.90 Å².